The molecule has 6 heteroatoms. The van der Waals surface area contributed by atoms with Crippen molar-refractivity contribution in [3.05, 3.63) is 33.4 Å². The Morgan fingerprint density at radius 3 is 2.68 bits per heavy atom. The van der Waals surface area contributed by atoms with Crippen LogP contribution in [0.5, 0.6) is 0 Å². The van der Waals surface area contributed by atoms with Crippen molar-refractivity contribution in [2.75, 3.05) is 0 Å². The maximum atomic E-state index is 12.7. The highest BCUT2D eigenvalue weighted by atomic mass is 16.6. The third-order valence-electron chi connectivity index (χ3n) is 6.92. The summed E-state index contributed by atoms with van der Waals surface area (Å²) in [6.07, 6.45) is -1.07. The quantitative estimate of drug-likeness (QED) is 0.616. The summed E-state index contributed by atoms with van der Waals surface area (Å²) in [5, 5.41) is 11.1. The van der Waals surface area contributed by atoms with E-state index >= 15 is 0 Å². The lowest BCUT2D eigenvalue weighted by molar-refractivity contribution is -0.152. The standard InChI is InChI=1S/C19H22O6/c1-7(2)13-11-8(5-10(20)24-13)18(3)6-9-16(23-9)19(4)15(18)14(12(11)21)25-17(19)22/h5,7,9,12,14-16,21H,6H2,1-4H3/t9-,12+,14+,15+,16-,18+,19+/m0/s1. The predicted molar refractivity (Wildman–Crippen MR) is 86.1 cm³/mol. The Morgan fingerprint density at radius 2 is 2.00 bits per heavy atom. The summed E-state index contributed by atoms with van der Waals surface area (Å²) in [6.45, 7) is 7.79. The molecule has 1 aromatic heterocycles. The number of aliphatic hydroxyl groups excluding tert-OH is 1. The van der Waals surface area contributed by atoms with Gasteiger partial charge >= 0.3 is 11.6 Å². The monoisotopic (exact) mass is 346 g/mol. The second-order valence-electron chi connectivity index (χ2n) is 8.70. The highest BCUT2D eigenvalue weighted by Gasteiger charge is 2.77. The molecule has 1 N–H and O–H groups in total. The van der Waals surface area contributed by atoms with Gasteiger partial charge in [0.15, 0.2) is 0 Å². The molecular formula is C19H22O6. The Kier molecular flexibility index (Phi) is 2.71. The van der Waals surface area contributed by atoms with Gasteiger partial charge < -0.3 is 19.0 Å². The van der Waals surface area contributed by atoms with Crippen molar-refractivity contribution in [3.63, 3.8) is 0 Å². The number of epoxide rings is 1. The van der Waals surface area contributed by atoms with E-state index in [4.69, 9.17) is 13.9 Å². The smallest absolute Gasteiger partial charge is 0.336 e. The van der Waals surface area contributed by atoms with E-state index < -0.39 is 28.7 Å². The minimum Gasteiger partial charge on any atom is -0.458 e. The maximum Gasteiger partial charge on any atom is 0.336 e. The van der Waals surface area contributed by atoms with Gasteiger partial charge in [0.2, 0.25) is 0 Å². The van der Waals surface area contributed by atoms with Crippen LogP contribution in [0.25, 0.3) is 0 Å². The summed E-state index contributed by atoms with van der Waals surface area (Å²) in [5.74, 6) is -0.105. The molecule has 2 saturated heterocycles. The van der Waals surface area contributed by atoms with Crippen molar-refractivity contribution in [1.82, 2.24) is 0 Å². The molecule has 2 aliphatic heterocycles. The number of fused-ring (bicyclic) bond motifs is 4. The van der Waals surface area contributed by atoms with Gasteiger partial charge in [-0.3, -0.25) is 4.79 Å². The van der Waals surface area contributed by atoms with Crippen molar-refractivity contribution < 1.29 is 23.8 Å². The van der Waals surface area contributed by atoms with E-state index in [0.29, 0.717) is 17.7 Å². The van der Waals surface area contributed by atoms with E-state index in [1.807, 2.05) is 20.8 Å². The number of carbonyl (C=O) groups excluding carboxylic acids is 1. The van der Waals surface area contributed by atoms with Gasteiger partial charge in [0.25, 0.3) is 0 Å². The molecule has 0 unspecified atom stereocenters. The van der Waals surface area contributed by atoms with Gasteiger partial charge in [-0.1, -0.05) is 20.8 Å². The fraction of sp³-hybridized carbons (Fsp3) is 0.684. The summed E-state index contributed by atoms with van der Waals surface area (Å²) in [7, 11) is 0. The molecule has 0 radical (unpaired) electrons. The average Bonchev–Trinajstić information content (AvgIpc) is 3.24. The van der Waals surface area contributed by atoms with Crippen molar-refractivity contribution in [2.24, 2.45) is 11.3 Å². The second kappa shape index (κ2) is 4.35. The van der Waals surface area contributed by atoms with E-state index in [-0.39, 0.29) is 30.0 Å². The Morgan fingerprint density at radius 1 is 1.28 bits per heavy atom. The van der Waals surface area contributed by atoms with E-state index in [0.717, 1.165) is 5.56 Å². The number of hydrogen-bond acceptors (Lipinski definition) is 6. The fourth-order valence-electron chi connectivity index (χ4n) is 5.89. The summed E-state index contributed by atoms with van der Waals surface area (Å²) in [4.78, 5) is 25.0. The van der Waals surface area contributed by atoms with Gasteiger partial charge in [0, 0.05) is 28.9 Å². The normalized spacial score (nSPS) is 46.3. The van der Waals surface area contributed by atoms with Crippen LogP contribution in [-0.2, 0) is 19.7 Å². The first-order valence-corrected chi connectivity index (χ1v) is 8.92. The average molecular weight is 346 g/mol. The summed E-state index contributed by atoms with van der Waals surface area (Å²) in [5.41, 5.74) is -0.263. The van der Waals surface area contributed by atoms with Gasteiger partial charge in [0.1, 0.15) is 29.5 Å². The lowest BCUT2D eigenvalue weighted by Crippen LogP contribution is -2.57. The van der Waals surface area contributed by atoms with Crippen LogP contribution in [0.3, 0.4) is 0 Å². The number of esters is 1. The van der Waals surface area contributed by atoms with E-state index in [1.165, 1.54) is 6.07 Å². The Hall–Kier alpha value is -1.66. The molecule has 25 heavy (non-hydrogen) atoms. The molecule has 0 amide bonds. The van der Waals surface area contributed by atoms with E-state index in [1.54, 1.807) is 0 Å². The largest absolute Gasteiger partial charge is 0.458 e. The van der Waals surface area contributed by atoms with Crippen LogP contribution < -0.4 is 5.63 Å². The highest BCUT2D eigenvalue weighted by Crippen LogP contribution is 2.68. The first-order chi connectivity index (χ1) is 11.7. The predicted octanol–water partition coefficient (Wildman–Crippen LogP) is 1.79. The van der Waals surface area contributed by atoms with Crippen molar-refractivity contribution in [3.8, 4) is 0 Å². The summed E-state index contributed by atoms with van der Waals surface area (Å²) >= 11 is 0. The van der Waals surface area contributed by atoms with E-state index in [9.17, 15) is 14.7 Å². The van der Waals surface area contributed by atoms with Crippen LogP contribution in [0.15, 0.2) is 15.3 Å². The van der Waals surface area contributed by atoms with Gasteiger partial charge in [-0.15, -0.1) is 0 Å². The third kappa shape index (κ3) is 1.63. The lowest BCUT2D eigenvalue weighted by atomic mass is 9.49. The Balaban J connectivity index is 1.82. The summed E-state index contributed by atoms with van der Waals surface area (Å²) < 4.78 is 16.9. The first-order valence-electron chi connectivity index (χ1n) is 8.92. The van der Waals surface area contributed by atoms with Crippen molar-refractivity contribution in [1.29, 1.82) is 0 Å². The zero-order valence-electron chi connectivity index (χ0n) is 14.7. The molecule has 1 saturated carbocycles. The van der Waals surface area contributed by atoms with Crippen LogP contribution in [0.2, 0.25) is 0 Å². The zero-order chi connectivity index (χ0) is 17.9. The van der Waals surface area contributed by atoms with Crippen LogP contribution in [0.4, 0.5) is 0 Å². The van der Waals surface area contributed by atoms with Crippen molar-refractivity contribution >= 4 is 5.97 Å². The Bertz CT molecular complexity index is 856. The molecule has 7 atom stereocenters. The molecule has 0 spiro atoms. The second-order valence-corrected chi connectivity index (χ2v) is 8.70. The van der Waals surface area contributed by atoms with Gasteiger partial charge in [-0.05, 0) is 18.9 Å². The molecule has 6 nitrogen and oxygen atoms in total. The number of hydrogen-bond donors (Lipinski definition) is 1. The molecule has 4 aliphatic rings. The SMILES string of the molecule is CC(C)c1oc(=O)cc2c1[C@@H](O)[C@H]1OC(=O)[C@@]3(C)[C@H]4O[C@H]4C[C@@]2(C)[C@@H]13. The van der Waals surface area contributed by atoms with Crippen molar-refractivity contribution in [2.45, 2.75) is 69.9 Å². The topological polar surface area (TPSA) is 89.3 Å². The molecule has 3 fully saturated rings. The van der Waals surface area contributed by atoms with Crippen LogP contribution in [0, 0.1) is 11.3 Å². The number of ether oxygens (including phenoxy) is 2. The molecule has 0 bridgehead atoms. The van der Waals surface area contributed by atoms with E-state index in [2.05, 4.69) is 6.92 Å². The van der Waals surface area contributed by atoms with Crippen LogP contribution in [0.1, 0.15) is 63.0 Å². The molecule has 3 heterocycles. The van der Waals surface area contributed by atoms with Gasteiger partial charge in [-0.2, -0.15) is 0 Å². The maximum absolute atomic E-state index is 12.7. The third-order valence-corrected chi connectivity index (χ3v) is 6.92. The van der Waals surface area contributed by atoms with Gasteiger partial charge in [0.05, 0.1) is 6.10 Å². The highest BCUT2D eigenvalue weighted by molar-refractivity contribution is 5.82. The molecular weight excluding hydrogens is 324 g/mol. The number of aliphatic hydroxyl groups is 1. The molecule has 134 valence electrons. The fourth-order valence-corrected chi connectivity index (χ4v) is 5.89. The lowest BCUT2D eigenvalue weighted by Gasteiger charge is -2.50. The van der Waals surface area contributed by atoms with Gasteiger partial charge in [-0.25, -0.2) is 4.79 Å². The van der Waals surface area contributed by atoms with Crippen LogP contribution >= 0.6 is 0 Å². The zero-order valence-corrected chi connectivity index (χ0v) is 14.7. The first kappa shape index (κ1) is 15.6. The number of rotatable bonds is 1. The molecule has 5 rings (SSSR count). The molecule has 2 aliphatic carbocycles. The number of carbonyl (C=O) groups is 1. The Labute approximate surface area is 145 Å². The minimum atomic E-state index is -0.990. The minimum absolute atomic E-state index is 0.00427. The summed E-state index contributed by atoms with van der Waals surface area (Å²) in [6, 6.07) is 1.49. The van der Waals surface area contributed by atoms with Crippen LogP contribution in [-0.4, -0.2) is 29.4 Å². The molecule has 0 aromatic carbocycles. The molecule has 1 aromatic rings.